The number of hydrogen-bond acceptors (Lipinski definition) is 4. The fraction of sp³-hybridized carbons (Fsp3) is 0.318. The zero-order chi connectivity index (χ0) is 22.6. The topological polar surface area (TPSA) is 118 Å². The molecule has 2 rings (SSSR count). The van der Waals surface area contributed by atoms with Gasteiger partial charge in [-0.2, -0.15) is 0 Å². The highest BCUT2D eigenvalue weighted by atomic mass is 127. The predicted molar refractivity (Wildman–Crippen MR) is 138 cm³/mol. The van der Waals surface area contributed by atoms with Crippen LogP contribution >= 0.6 is 35.6 Å². The minimum Gasteiger partial charge on any atom is -0.489 e. The number of nitrogens with one attached hydrogen (secondary N) is 3. The number of carbonyl (C=O) groups excluding carboxylic acids is 2. The Kier molecular flexibility index (Phi) is 12.5. The summed E-state index contributed by atoms with van der Waals surface area (Å²) >= 11 is 5.89. The van der Waals surface area contributed by atoms with Crippen LogP contribution in [0.5, 0.6) is 5.75 Å². The lowest BCUT2D eigenvalue weighted by Gasteiger charge is -2.17. The Morgan fingerprint density at radius 2 is 1.72 bits per heavy atom. The molecule has 10 heteroatoms. The highest BCUT2D eigenvalue weighted by Gasteiger charge is 2.08. The number of primary amides is 1. The third-order valence-corrected chi connectivity index (χ3v) is 4.36. The van der Waals surface area contributed by atoms with Gasteiger partial charge in [0.05, 0.1) is 19.6 Å². The zero-order valence-corrected chi connectivity index (χ0v) is 21.1. The molecule has 0 fully saturated rings. The maximum atomic E-state index is 11.9. The summed E-state index contributed by atoms with van der Waals surface area (Å²) in [6, 6.07) is 14.2. The smallest absolute Gasteiger partial charge is 0.251 e. The lowest BCUT2D eigenvalue weighted by Crippen LogP contribution is -2.41. The number of amides is 2. The molecule has 0 radical (unpaired) electrons. The Labute approximate surface area is 210 Å². The average Bonchev–Trinajstić information content (AvgIpc) is 2.76. The van der Waals surface area contributed by atoms with Crippen LogP contribution in [0.3, 0.4) is 0 Å². The van der Waals surface area contributed by atoms with Crippen molar-refractivity contribution in [1.82, 2.24) is 16.0 Å². The second-order valence-electron chi connectivity index (χ2n) is 6.80. The molecule has 0 aliphatic rings. The van der Waals surface area contributed by atoms with Gasteiger partial charge in [0, 0.05) is 17.1 Å². The minimum absolute atomic E-state index is 0. The van der Waals surface area contributed by atoms with Crippen molar-refractivity contribution in [2.45, 2.75) is 26.5 Å². The third-order valence-electron chi connectivity index (χ3n) is 4.11. The molecule has 0 bridgehead atoms. The Bertz CT molecular complexity index is 891. The normalized spacial score (nSPS) is 11.7. The molecule has 1 unspecified atom stereocenters. The number of rotatable bonds is 10. The number of nitrogens with zero attached hydrogens (tertiary/aromatic N) is 1. The quantitative estimate of drug-likeness (QED) is 0.198. The molecule has 8 nitrogen and oxygen atoms in total. The van der Waals surface area contributed by atoms with E-state index in [1.807, 2.05) is 38.1 Å². The molecular formula is C22H29ClIN5O3. The largest absolute Gasteiger partial charge is 0.489 e. The standard InChI is InChI=1S/C22H28ClN5O3.HI/c1-3-25-22(27-12-15(2)31-19-10-8-18(23)9-11-19)28-13-16-4-6-17(7-5-16)21(30)26-14-20(24)29;/h4-11,15H,3,12-14H2,1-2H3,(H2,24,29)(H,26,30)(H2,25,27,28);1H. The number of aliphatic imine (C=N–C) groups is 1. The van der Waals surface area contributed by atoms with Crippen LogP contribution in [0.1, 0.15) is 29.8 Å². The first-order valence-corrected chi connectivity index (χ1v) is 10.3. The maximum absolute atomic E-state index is 11.9. The number of guanidine groups is 1. The molecule has 0 heterocycles. The molecule has 0 saturated carbocycles. The van der Waals surface area contributed by atoms with Gasteiger partial charge >= 0.3 is 0 Å². The van der Waals surface area contributed by atoms with Gasteiger partial charge in [0.2, 0.25) is 5.91 Å². The Morgan fingerprint density at radius 3 is 2.31 bits per heavy atom. The maximum Gasteiger partial charge on any atom is 0.251 e. The first kappa shape index (κ1) is 27.5. The zero-order valence-electron chi connectivity index (χ0n) is 18.1. The minimum atomic E-state index is -0.587. The predicted octanol–water partition coefficient (Wildman–Crippen LogP) is 2.70. The number of benzene rings is 2. The summed E-state index contributed by atoms with van der Waals surface area (Å²) in [6.45, 7) is 5.48. The van der Waals surface area contributed by atoms with Crippen LogP contribution in [-0.2, 0) is 11.3 Å². The molecule has 0 spiro atoms. The highest BCUT2D eigenvalue weighted by molar-refractivity contribution is 14.0. The van der Waals surface area contributed by atoms with Crippen molar-refractivity contribution in [2.24, 2.45) is 10.7 Å². The van der Waals surface area contributed by atoms with Gasteiger partial charge in [0.25, 0.3) is 5.91 Å². The highest BCUT2D eigenvalue weighted by Crippen LogP contribution is 2.16. The molecule has 0 aliphatic heterocycles. The molecule has 2 aromatic rings. The van der Waals surface area contributed by atoms with Crippen LogP contribution < -0.4 is 26.4 Å². The Morgan fingerprint density at radius 1 is 1.06 bits per heavy atom. The fourth-order valence-electron chi connectivity index (χ4n) is 2.57. The molecule has 0 aromatic heterocycles. The van der Waals surface area contributed by atoms with Crippen molar-refractivity contribution < 1.29 is 14.3 Å². The van der Waals surface area contributed by atoms with E-state index in [2.05, 4.69) is 20.9 Å². The lowest BCUT2D eigenvalue weighted by molar-refractivity contribution is -0.117. The van der Waals surface area contributed by atoms with Crippen molar-refractivity contribution in [2.75, 3.05) is 19.6 Å². The number of halogens is 2. The number of hydrogen-bond donors (Lipinski definition) is 4. The second kappa shape index (κ2) is 14.5. The van der Waals surface area contributed by atoms with E-state index in [9.17, 15) is 9.59 Å². The van der Waals surface area contributed by atoms with E-state index in [1.165, 1.54) is 0 Å². The van der Waals surface area contributed by atoms with Crippen LogP contribution in [0, 0.1) is 0 Å². The second-order valence-corrected chi connectivity index (χ2v) is 7.24. The van der Waals surface area contributed by atoms with E-state index in [0.717, 1.165) is 17.9 Å². The molecule has 2 amide bonds. The van der Waals surface area contributed by atoms with Crippen LogP contribution in [0.15, 0.2) is 53.5 Å². The summed E-state index contributed by atoms with van der Waals surface area (Å²) in [5.41, 5.74) is 6.42. The fourth-order valence-corrected chi connectivity index (χ4v) is 2.70. The van der Waals surface area contributed by atoms with Crippen molar-refractivity contribution in [3.63, 3.8) is 0 Å². The van der Waals surface area contributed by atoms with E-state index in [-0.39, 0.29) is 42.5 Å². The molecule has 0 aliphatic carbocycles. The monoisotopic (exact) mass is 573 g/mol. The summed E-state index contributed by atoms with van der Waals surface area (Å²) < 4.78 is 5.86. The summed E-state index contributed by atoms with van der Waals surface area (Å²) in [5, 5.41) is 9.57. The van der Waals surface area contributed by atoms with Gasteiger partial charge in [0.15, 0.2) is 5.96 Å². The molecule has 0 saturated heterocycles. The van der Waals surface area contributed by atoms with Gasteiger partial charge < -0.3 is 26.4 Å². The number of ether oxygens (including phenoxy) is 1. The SMILES string of the molecule is CCNC(=NCc1ccc(C(=O)NCC(N)=O)cc1)NCC(C)Oc1ccc(Cl)cc1.I. The lowest BCUT2D eigenvalue weighted by atomic mass is 10.1. The summed E-state index contributed by atoms with van der Waals surface area (Å²) in [6.07, 6.45) is -0.0803. The average molecular weight is 574 g/mol. The van der Waals surface area contributed by atoms with Gasteiger partial charge in [0.1, 0.15) is 11.9 Å². The van der Waals surface area contributed by atoms with E-state index in [4.69, 9.17) is 22.1 Å². The Hall–Kier alpha value is -2.53. The first-order chi connectivity index (χ1) is 14.9. The summed E-state index contributed by atoms with van der Waals surface area (Å²) in [5.74, 6) is 0.479. The van der Waals surface area contributed by atoms with Gasteiger partial charge in [-0.1, -0.05) is 23.7 Å². The van der Waals surface area contributed by atoms with Crippen molar-refractivity contribution in [3.05, 3.63) is 64.7 Å². The van der Waals surface area contributed by atoms with Crippen LogP contribution in [0.2, 0.25) is 5.02 Å². The van der Waals surface area contributed by atoms with Crippen molar-refractivity contribution in [1.29, 1.82) is 0 Å². The summed E-state index contributed by atoms with van der Waals surface area (Å²) in [7, 11) is 0. The number of nitrogens with two attached hydrogens (primary N) is 1. The van der Waals surface area contributed by atoms with Crippen molar-refractivity contribution >= 4 is 53.4 Å². The van der Waals surface area contributed by atoms with E-state index in [0.29, 0.717) is 29.6 Å². The molecule has 174 valence electrons. The Balaban J connectivity index is 0.00000512. The molecular weight excluding hydrogens is 545 g/mol. The molecule has 32 heavy (non-hydrogen) atoms. The summed E-state index contributed by atoms with van der Waals surface area (Å²) in [4.78, 5) is 27.3. The van der Waals surface area contributed by atoms with E-state index >= 15 is 0 Å². The van der Waals surface area contributed by atoms with Crippen LogP contribution in [0.4, 0.5) is 0 Å². The van der Waals surface area contributed by atoms with Crippen molar-refractivity contribution in [3.8, 4) is 5.75 Å². The van der Waals surface area contributed by atoms with E-state index < -0.39 is 5.91 Å². The molecule has 1 atom stereocenters. The van der Waals surface area contributed by atoms with Crippen LogP contribution in [-0.4, -0.2) is 43.5 Å². The van der Waals surface area contributed by atoms with E-state index in [1.54, 1.807) is 24.3 Å². The van der Waals surface area contributed by atoms with Gasteiger partial charge in [-0.05, 0) is 55.8 Å². The molecule has 5 N–H and O–H groups in total. The number of carbonyl (C=O) groups is 2. The van der Waals surface area contributed by atoms with Gasteiger partial charge in [-0.25, -0.2) is 4.99 Å². The van der Waals surface area contributed by atoms with Crippen LogP contribution in [0.25, 0.3) is 0 Å². The van der Waals surface area contributed by atoms with Gasteiger partial charge in [-0.3, -0.25) is 9.59 Å². The first-order valence-electron chi connectivity index (χ1n) is 9.97. The third kappa shape index (κ3) is 10.2. The van der Waals surface area contributed by atoms with Gasteiger partial charge in [-0.15, -0.1) is 24.0 Å². The molecule has 2 aromatic carbocycles.